The molecule has 1 N–H and O–H groups in total. The minimum Gasteiger partial charge on any atom is -0.494 e. The summed E-state index contributed by atoms with van der Waals surface area (Å²) in [5.41, 5.74) is 3.17. The highest BCUT2D eigenvalue weighted by Crippen LogP contribution is 2.34. The van der Waals surface area contributed by atoms with Crippen LogP contribution in [0.5, 0.6) is 5.75 Å². The van der Waals surface area contributed by atoms with Crippen LogP contribution in [0.25, 0.3) is 10.9 Å². The van der Waals surface area contributed by atoms with E-state index in [9.17, 15) is 14.0 Å². The summed E-state index contributed by atoms with van der Waals surface area (Å²) in [6, 6.07) is 9.79. The number of aromatic nitrogens is 1. The number of hydrogen-bond donors (Lipinski definition) is 1. The number of ether oxygens (including phenoxy) is 1. The highest BCUT2D eigenvalue weighted by atomic mass is 19.1. The van der Waals surface area contributed by atoms with Gasteiger partial charge >= 0.3 is 0 Å². The Morgan fingerprint density at radius 1 is 1.21 bits per heavy atom. The lowest BCUT2D eigenvalue weighted by Crippen LogP contribution is -2.12. The Balaban J connectivity index is 2.08. The summed E-state index contributed by atoms with van der Waals surface area (Å²) in [7, 11) is 1.48. The van der Waals surface area contributed by atoms with E-state index in [1.807, 2.05) is 13.0 Å². The average molecular weight is 380 g/mol. The van der Waals surface area contributed by atoms with E-state index in [2.05, 4.69) is 10.3 Å². The van der Waals surface area contributed by atoms with Gasteiger partial charge in [0.05, 0.1) is 18.4 Å². The Morgan fingerprint density at radius 3 is 2.61 bits per heavy atom. The van der Waals surface area contributed by atoms with E-state index in [1.165, 1.54) is 19.2 Å². The zero-order valence-corrected chi connectivity index (χ0v) is 15.8. The van der Waals surface area contributed by atoms with Crippen molar-refractivity contribution in [2.24, 2.45) is 0 Å². The van der Waals surface area contributed by atoms with E-state index in [4.69, 9.17) is 4.74 Å². The Labute approximate surface area is 162 Å². The number of pyridine rings is 1. The van der Waals surface area contributed by atoms with Crippen LogP contribution in [-0.2, 0) is 11.2 Å². The van der Waals surface area contributed by atoms with Crippen LogP contribution in [0.15, 0.2) is 42.6 Å². The van der Waals surface area contributed by atoms with Crippen molar-refractivity contribution in [1.82, 2.24) is 4.98 Å². The molecule has 3 aromatic rings. The number of halogens is 1. The number of carbonyl (C=O) groups excluding carboxylic acids is 2. The SMILES string of the molecule is CCCC(=O)Nc1cc(C=O)c(OC)c2ncc(Cc3ccc(F)cc3)cc12. The molecule has 0 aliphatic carbocycles. The molecule has 0 spiro atoms. The summed E-state index contributed by atoms with van der Waals surface area (Å²) in [5, 5.41) is 3.55. The molecule has 5 nitrogen and oxygen atoms in total. The van der Waals surface area contributed by atoms with Gasteiger partial charge in [-0.05, 0) is 48.2 Å². The predicted molar refractivity (Wildman–Crippen MR) is 106 cm³/mol. The topological polar surface area (TPSA) is 68.3 Å². The molecule has 0 aliphatic heterocycles. The maximum atomic E-state index is 13.1. The van der Waals surface area contributed by atoms with Crippen molar-refractivity contribution in [2.75, 3.05) is 12.4 Å². The number of rotatable bonds is 7. The summed E-state index contributed by atoms with van der Waals surface area (Å²) < 4.78 is 18.5. The molecule has 0 aliphatic rings. The highest BCUT2D eigenvalue weighted by Gasteiger charge is 2.16. The number of anilines is 1. The third-order valence-electron chi connectivity index (χ3n) is 4.42. The van der Waals surface area contributed by atoms with Crippen molar-refractivity contribution in [3.63, 3.8) is 0 Å². The number of carbonyl (C=O) groups is 2. The molecule has 28 heavy (non-hydrogen) atoms. The molecule has 0 saturated heterocycles. The van der Waals surface area contributed by atoms with Gasteiger partial charge < -0.3 is 10.1 Å². The zero-order chi connectivity index (χ0) is 20.1. The van der Waals surface area contributed by atoms with Crippen LogP contribution >= 0.6 is 0 Å². The van der Waals surface area contributed by atoms with E-state index in [1.54, 1.807) is 24.4 Å². The number of nitrogens with one attached hydrogen (secondary N) is 1. The highest BCUT2D eigenvalue weighted by molar-refractivity contribution is 6.06. The lowest BCUT2D eigenvalue weighted by atomic mass is 10.0. The first-order valence-electron chi connectivity index (χ1n) is 9.04. The molecule has 0 bridgehead atoms. The third kappa shape index (κ3) is 4.17. The van der Waals surface area contributed by atoms with Gasteiger partial charge in [0.2, 0.25) is 5.91 Å². The quantitative estimate of drug-likeness (QED) is 0.612. The molecule has 0 saturated carbocycles. The second-order valence-electron chi connectivity index (χ2n) is 6.51. The van der Waals surface area contributed by atoms with Crippen LogP contribution in [0, 0.1) is 5.82 Å². The fourth-order valence-corrected chi connectivity index (χ4v) is 3.11. The van der Waals surface area contributed by atoms with E-state index in [0.29, 0.717) is 53.5 Å². The average Bonchev–Trinajstić information content (AvgIpc) is 2.69. The maximum absolute atomic E-state index is 13.1. The van der Waals surface area contributed by atoms with E-state index >= 15 is 0 Å². The molecule has 144 valence electrons. The summed E-state index contributed by atoms with van der Waals surface area (Å²) in [5.74, 6) is -0.0472. The smallest absolute Gasteiger partial charge is 0.224 e. The first-order chi connectivity index (χ1) is 13.5. The molecule has 0 atom stereocenters. The normalized spacial score (nSPS) is 10.7. The fraction of sp³-hybridized carbons (Fsp3) is 0.227. The van der Waals surface area contributed by atoms with Crippen LogP contribution < -0.4 is 10.1 Å². The Morgan fingerprint density at radius 2 is 1.96 bits per heavy atom. The van der Waals surface area contributed by atoms with E-state index in [0.717, 1.165) is 11.1 Å². The number of hydrogen-bond acceptors (Lipinski definition) is 4. The molecule has 0 fully saturated rings. The van der Waals surface area contributed by atoms with Gasteiger partial charge in [-0.3, -0.25) is 14.6 Å². The standard InChI is InChI=1S/C22H21FN2O3/c1-3-4-20(27)25-19-11-16(13-26)22(28-2)21-18(19)10-15(12-24-21)9-14-5-7-17(23)8-6-14/h5-8,10-13H,3-4,9H2,1-2H3,(H,25,27). The molecule has 2 aromatic carbocycles. The molecule has 0 unspecified atom stereocenters. The van der Waals surface area contributed by atoms with Gasteiger partial charge in [0.25, 0.3) is 0 Å². The maximum Gasteiger partial charge on any atom is 0.224 e. The fourth-order valence-electron chi connectivity index (χ4n) is 3.11. The number of methoxy groups -OCH3 is 1. The Kier molecular flexibility index (Phi) is 5.99. The first kappa shape index (κ1) is 19.5. The monoisotopic (exact) mass is 380 g/mol. The van der Waals surface area contributed by atoms with Gasteiger partial charge in [-0.1, -0.05) is 19.1 Å². The van der Waals surface area contributed by atoms with Crippen LogP contribution in [0.1, 0.15) is 41.3 Å². The number of benzene rings is 2. The number of aldehydes is 1. The second kappa shape index (κ2) is 8.61. The van der Waals surface area contributed by atoms with Gasteiger partial charge in [-0.25, -0.2) is 4.39 Å². The predicted octanol–water partition coefficient (Wildman–Crippen LogP) is 4.52. The second-order valence-corrected chi connectivity index (χ2v) is 6.51. The Hall–Kier alpha value is -3.28. The molecule has 0 radical (unpaired) electrons. The molecule has 6 heteroatoms. The molecule has 1 aromatic heterocycles. The summed E-state index contributed by atoms with van der Waals surface area (Å²) in [6.45, 7) is 1.92. The molecule has 1 amide bonds. The minimum atomic E-state index is -0.285. The van der Waals surface area contributed by atoms with Gasteiger partial charge in [0, 0.05) is 18.0 Å². The largest absolute Gasteiger partial charge is 0.494 e. The van der Waals surface area contributed by atoms with E-state index in [-0.39, 0.29) is 11.7 Å². The molecular formula is C22H21FN2O3. The van der Waals surface area contributed by atoms with Crippen molar-refractivity contribution in [1.29, 1.82) is 0 Å². The number of amides is 1. The van der Waals surface area contributed by atoms with Gasteiger partial charge in [-0.2, -0.15) is 0 Å². The summed E-state index contributed by atoms with van der Waals surface area (Å²) in [6.07, 6.45) is 4.03. The van der Waals surface area contributed by atoms with Crippen molar-refractivity contribution < 1.29 is 18.7 Å². The lowest BCUT2D eigenvalue weighted by Gasteiger charge is -2.14. The lowest BCUT2D eigenvalue weighted by molar-refractivity contribution is -0.116. The van der Waals surface area contributed by atoms with Crippen LogP contribution in [0.4, 0.5) is 10.1 Å². The number of nitrogens with zero attached hydrogens (tertiary/aromatic N) is 1. The zero-order valence-electron chi connectivity index (χ0n) is 15.8. The van der Waals surface area contributed by atoms with Crippen molar-refractivity contribution in [3.8, 4) is 5.75 Å². The minimum absolute atomic E-state index is 0.130. The third-order valence-corrected chi connectivity index (χ3v) is 4.42. The van der Waals surface area contributed by atoms with Gasteiger partial charge in [0.1, 0.15) is 11.3 Å². The molecular weight excluding hydrogens is 359 g/mol. The summed E-state index contributed by atoms with van der Waals surface area (Å²) in [4.78, 5) is 28.1. The first-order valence-corrected chi connectivity index (χ1v) is 9.04. The van der Waals surface area contributed by atoms with Crippen LogP contribution in [0.2, 0.25) is 0 Å². The molecule has 3 rings (SSSR count). The van der Waals surface area contributed by atoms with E-state index < -0.39 is 0 Å². The van der Waals surface area contributed by atoms with Crippen LogP contribution in [0.3, 0.4) is 0 Å². The van der Waals surface area contributed by atoms with Crippen molar-refractivity contribution in [3.05, 3.63) is 65.1 Å². The van der Waals surface area contributed by atoms with Gasteiger partial charge in [-0.15, -0.1) is 0 Å². The summed E-state index contributed by atoms with van der Waals surface area (Å²) >= 11 is 0. The Bertz CT molecular complexity index is 1020. The van der Waals surface area contributed by atoms with Gasteiger partial charge in [0.15, 0.2) is 12.0 Å². The number of fused-ring (bicyclic) bond motifs is 1. The van der Waals surface area contributed by atoms with Crippen molar-refractivity contribution >= 4 is 28.8 Å². The van der Waals surface area contributed by atoms with Crippen molar-refractivity contribution in [2.45, 2.75) is 26.2 Å². The van der Waals surface area contributed by atoms with Crippen LogP contribution in [-0.4, -0.2) is 24.3 Å². The molecule has 1 heterocycles.